The first-order valence-corrected chi connectivity index (χ1v) is 6.14. The van der Waals surface area contributed by atoms with Crippen molar-refractivity contribution in [3.05, 3.63) is 57.9 Å². The number of nitrogens with one attached hydrogen (secondary N) is 1. The molecule has 0 aliphatic rings. The Balaban J connectivity index is 1.88. The molecule has 0 saturated heterocycles. The molecule has 0 fully saturated rings. The average molecular weight is 260 g/mol. The predicted octanol–water partition coefficient (Wildman–Crippen LogP) is 2.10. The summed E-state index contributed by atoms with van der Waals surface area (Å²) in [5, 5.41) is 18.1. The van der Waals surface area contributed by atoms with Crippen LogP contribution in [0.25, 0.3) is 0 Å². The maximum atomic E-state index is 10.7. The lowest BCUT2D eigenvalue weighted by atomic mass is 10.2. The number of hydrogen-bond acceptors (Lipinski definition) is 4. The van der Waals surface area contributed by atoms with Gasteiger partial charge in [-0.3, -0.25) is 14.8 Å². The number of nitro groups is 1. The van der Waals surface area contributed by atoms with E-state index in [2.05, 4.69) is 10.4 Å². The second-order valence-electron chi connectivity index (χ2n) is 4.23. The molecule has 1 aromatic heterocycles. The van der Waals surface area contributed by atoms with E-state index in [1.54, 1.807) is 12.1 Å². The summed E-state index contributed by atoms with van der Waals surface area (Å²) in [6.45, 7) is 4.18. The summed E-state index contributed by atoms with van der Waals surface area (Å²) < 4.78 is 1.87. The molecule has 0 aliphatic heterocycles. The standard InChI is InChI=1S/C13H16N4O2/c1-2-16-10-12(9-15-16)8-14-7-11-4-3-5-13(6-11)17(18)19/h3-6,9-10,14H,2,7-8H2,1H3. The summed E-state index contributed by atoms with van der Waals surface area (Å²) in [6, 6.07) is 6.65. The van der Waals surface area contributed by atoms with Crippen molar-refractivity contribution in [3.63, 3.8) is 0 Å². The Kier molecular flexibility index (Phi) is 4.25. The van der Waals surface area contributed by atoms with Crippen LogP contribution in [0, 0.1) is 10.1 Å². The lowest BCUT2D eigenvalue weighted by Crippen LogP contribution is -2.12. The number of nitro benzene ring substituents is 1. The van der Waals surface area contributed by atoms with Gasteiger partial charge in [0.15, 0.2) is 0 Å². The Labute approximate surface area is 111 Å². The van der Waals surface area contributed by atoms with Gasteiger partial charge in [-0.1, -0.05) is 12.1 Å². The Morgan fingerprint density at radius 3 is 2.84 bits per heavy atom. The van der Waals surface area contributed by atoms with Gasteiger partial charge in [0.25, 0.3) is 5.69 Å². The van der Waals surface area contributed by atoms with Gasteiger partial charge in [0.1, 0.15) is 0 Å². The molecule has 0 atom stereocenters. The molecule has 0 unspecified atom stereocenters. The number of nitrogens with zero attached hydrogens (tertiary/aromatic N) is 3. The first-order valence-electron chi connectivity index (χ1n) is 6.14. The van der Waals surface area contributed by atoms with Gasteiger partial charge in [0.2, 0.25) is 0 Å². The highest BCUT2D eigenvalue weighted by molar-refractivity contribution is 5.34. The Morgan fingerprint density at radius 1 is 1.37 bits per heavy atom. The van der Waals surface area contributed by atoms with E-state index in [-0.39, 0.29) is 10.6 Å². The predicted molar refractivity (Wildman–Crippen MR) is 71.5 cm³/mol. The van der Waals surface area contributed by atoms with Crippen LogP contribution in [-0.4, -0.2) is 14.7 Å². The summed E-state index contributed by atoms with van der Waals surface area (Å²) in [5.74, 6) is 0. The molecular weight excluding hydrogens is 244 g/mol. The fraction of sp³-hybridized carbons (Fsp3) is 0.308. The smallest absolute Gasteiger partial charge is 0.269 e. The summed E-state index contributed by atoms with van der Waals surface area (Å²) in [4.78, 5) is 10.3. The molecule has 0 aliphatic carbocycles. The van der Waals surface area contributed by atoms with Crippen LogP contribution in [0.3, 0.4) is 0 Å². The maximum Gasteiger partial charge on any atom is 0.269 e. The molecule has 1 aromatic carbocycles. The van der Waals surface area contributed by atoms with Gasteiger partial charge in [0.05, 0.1) is 11.1 Å². The van der Waals surface area contributed by atoms with Gasteiger partial charge in [-0.25, -0.2) is 0 Å². The van der Waals surface area contributed by atoms with Crippen LogP contribution in [0.1, 0.15) is 18.1 Å². The van der Waals surface area contributed by atoms with Crippen molar-refractivity contribution >= 4 is 5.69 Å². The summed E-state index contributed by atoms with van der Waals surface area (Å²) in [5.41, 5.74) is 2.13. The summed E-state index contributed by atoms with van der Waals surface area (Å²) >= 11 is 0. The SMILES string of the molecule is CCn1cc(CNCc2cccc([N+](=O)[O-])c2)cn1. The first-order chi connectivity index (χ1) is 9.19. The molecule has 0 spiro atoms. The largest absolute Gasteiger partial charge is 0.308 e. The van der Waals surface area contributed by atoms with Gasteiger partial charge in [-0.15, -0.1) is 0 Å². The van der Waals surface area contributed by atoms with Crippen molar-refractivity contribution in [1.29, 1.82) is 0 Å². The Hall–Kier alpha value is -2.21. The second-order valence-corrected chi connectivity index (χ2v) is 4.23. The number of hydrogen-bond donors (Lipinski definition) is 1. The highest BCUT2D eigenvalue weighted by Gasteiger charge is 2.05. The zero-order valence-corrected chi connectivity index (χ0v) is 10.7. The van der Waals surface area contributed by atoms with Crippen LogP contribution in [0.4, 0.5) is 5.69 Å². The number of non-ortho nitro benzene ring substituents is 1. The van der Waals surface area contributed by atoms with E-state index in [9.17, 15) is 10.1 Å². The molecule has 1 N–H and O–H groups in total. The normalized spacial score (nSPS) is 10.6. The van der Waals surface area contributed by atoms with Gasteiger partial charge in [-0.2, -0.15) is 5.10 Å². The van der Waals surface area contributed by atoms with E-state index < -0.39 is 0 Å². The van der Waals surface area contributed by atoms with Crippen LogP contribution < -0.4 is 5.32 Å². The molecule has 0 radical (unpaired) electrons. The van der Waals surface area contributed by atoms with Crippen molar-refractivity contribution in [2.75, 3.05) is 0 Å². The topological polar surface area (TPSA) is 73.0 Å². The Morgan fingerprint density at radius 2 is 2.16 bits per heavy atom. The minimum atomic E-state index is -0.380. The molecule has 2 aromatic rings. The molecule has 100 valence electrons. The van der Waals surface area contributed by atoms with Crippen molar-refractivity contribution < 1.29 is 4.92 Å². The van der Waals surface area contributed by atoms with E-state index in [0.717, 1.165) is 17.7 Å². The quantitative estimate of drug-likeness (QED) is 0.637. The van der Waals surface area contributed by atoms with Crippen LogP contribution in [0.15, 0.2) is 36.7 Å². The van der Waals surface area contributed by atoms with Gasteiger partial charge < -0.3 is 5.32 Å². The van der Waals surface area contributed by atoms with Crippen molar-refractivity contribution in [2.24, 2.45) is 0 Å². The molecule has 6 heteroatoms. The van der Waals surface area contributed by atoms with Gasteiger partial charge in [0, 0.05) is 43.5 Å². The average Bonchev–Trinajstić information content (AvgIpc) is 2.87. The molecule has 0 saturated carbocycles. The number of rotatable bonds is 6. The second kappa shape index (κ2) is 6.10. The monoisotopic (exact) mass is 260 g/mol. The molecule has 19 heavy (non-hydrogen) atoms. The van der Waals surface area contributed by atoms with Crippen molar-refractivity contribution in [1.82, 2.24) is 15.1 Å². The fourth-order valence-corrected chi connectivity index (χ4v) is 1.80. The molecule has 0 bridgehead atoms. The van der Waals surface area contributed by atoms with E-state index in [4.69, 9.17) is 0 Å². The Bertz CT molecular complexity index is 565. The minimum absolute atomic E-state index is 0.123. The third-order valence-corrected chi connectivity index (χ3v) is 2.79. The van der Waals surface area contributed by atoms with E-state index in [1.807, 2.05) is 30.1 Å². The highest BCUT2D eigenvalue weighted by Crippen LogP contribution is 2.12. The molecule has 0 amide bonds. The van der Waals surface area contributed by atoms with E-state index >= 15 is 0 Å². The van der Waals surface area contributed by atoms with Crippen molar-refractivity contribution in [2.45, 2.75) is 26.6 Å². The van der Waals surface area contributed by atoms with Crippen LogP contribution in [0.5, 0.6) is 0 Å². The van der Waals surface area contributed by atoms with Crippen LogP contribution in [-0.2, 0) is 19.6 Å². The maximum absolute atomic E-state index is 10.7. The van der Waals surface area contributed by atoms with Crippen LogP contribution in [0.2, 0.25) is 0 Å². The van der Waals surface area contributed by atoms with Crippen LogP contribution >= 0.6 is 0 Å². The number of benzene rings is 1. The van der Waals surface area contributed by atoms with E-state index in [1.165, 1.54) is 6.07 Å². The molecule has 2 rings (SSSR count). The third kappa shape index (κ3) is 3.62. The summed E-state index contributed by atoms with van der Waals surface area (Å²) in [6.07, 6.45) is 3.81. The molecular formula is C13H16N4O2. The van der Waals surface area contributed by atoms with E-state index in [0.29, 0.717) is 13.1 Å². The van der Waals surface area contributed by atoms with Gasteiger partial charge in [-0.05, 0) is 12.5 Å². The molecule has 6 nitrogen and oxygen atoms in total. The van der Waals surface area contributed by atoms with Crippen molar-refractivity contribution in [3.8, 4) is 0 Å². The molecule has 1 heterocycles. The van der Waals surface area contributed by atoms with Gasteiger partial charge >= 0.3 is 0 Å². The zero-order chi connectivity index (χ0) is 13.7. The fourth-order valence-electron chi connectivity index (χ4n) is 1.80. The first kappa shape index (κ1) is 13.2. The zero-order valence-electron chi connectivity index (χ0n) is 10.7. The lowest BCUT2D eigenvalue weighted by molar-refractivity contribution is -0.384. The minimum Gasteiger partial charge on any atom is -0.308 e. The lowest BCUT2D eigenvalue weighted by Gasteiger charge is -2.03. The highest BCUT2D eigenvalue weighted by atomic mass is 16.6. The number of aromatic nitrogens is 2. The third-order valence-electron chi connectivity index (χ3n) is 2.79. The number of aryl methyl sites for hydroxylation is 1. The summed E-state index contributed by atoms with van der Waals surface area (Å²) in [7, 11) is 0.